The monoisotopic (exact) mass is 394 g/mol. The van der Waals surface area contributed by atoms with Crippen LogP contribution in [0.25, 0.3) is 10.8 Å². The SMILES string of the molecule is OC(c1cccc(I)c1)c1ccc(Cl)c2ccccc12. The lowest BCUT2D eigenvalue weighted by atomic mass is 9.96. The third kappa shape index (κ3) is 2.55. The first-order chi connectivity index (χ1) is 9.66. The van der Waals surface area contributed by atoms with E-state index in [1.807, 2.05) is 60.7 Å². The Kier molecular flexibility index (Phi) is 3.96. The van der Waals surface area contributed by atoms with Crippen LogP contribution >= 0.6 is 34.2 Å². The Hall–Kier alpha value is -1.10. The van der Waals surface area contributed by atoms with Crippen molar-refractivity contribution in [2.45, 2.75) is 6.10 Å². The number of benzene rings is 3. The summed E-state index contributed by atoms with van der Waals surface area (Å²) >= 11 is 8.47. The minimum Gasteiger partial charge on any atom is -0.384 e. The second kappa shape index (κ2) is 5.72. The molecule has 1 unspecified atom stereocenters. The van der Waals surface area contributed by atoms with Gasteiger partial charge >= 0.3 is 0 Å². The Labute approximate surface area is 136 Å². The van der Waals surface area contributed by atoms with Crippen molar-refractivity contribution in [1.82, 2.24) is 0 Å². The molecule has 100 valence electrons. The van der Waals surface area contributed by atoms with Gasteiger partial charge in [0.2, 0.25) is 0 Å². The Bertz CT molecular complexity index is 770. The summed E-state index contributed by atoms with van der Waals surface area (Å²) in [5.41, 5.74) is 1.77. The molecule has 0 radical (unpaired) electrons. The Balaban J connectivity index is 2.17. The molecule has 0 heterocycles. The summed E-state index contributed by atoms with van der Waals surface area (Å²) in [5.74, 6) is 0. The predicted molar refractivity (Wildman–Crippen MR) is 92.2 cm³/mol. The largest absolute Gasteiger partial charge is 0.384 e. The average molecular weight is 395 g/mol. The van der Waals surface area contributed by atoms with Gasteiger partial charge in [-0.15, -0.1) is 0 Å². The van der Waals surface area contributed by atoms with E-state index in [2.05, 4.69) is 22.6 Å². The van der Waals surface area contributed by atoms with Crippen LogP contribution in [0.5, 0.6) is 0 Å². The Morgan fingerprint density at radius 1 is 0.900 bits per heavy atom. The lowest BCUT2D eigenvalue weighted by Gasteiger charge is -2.15. The van der Waals surface area contributed by atoms with Crippen LogP contribution < -0.4 is 0 Å². The molecule has 1 nitrogen and oxygen atoms in total. The highest BCUT2D eigenvalue weighted by Gasteiger charge is 2.14. The van der Waals surface area contributed by atoms with E-state index < -0.39 is 6.10 Å². The van der Waals surface area contributed by atoms with Gasteiger partial charge in [-0.1, -0.05) is 54.1 Å². The smallest absolute Gasteiger partial charge is 0.105 e. The summed E-state index contributed by atoms with van der Waals surface area (Å²) in [7, 11) is 0. The van der Waals surface area contributed by atoms with E-state index in [1.165, 1.54) is 0 Å². The maximum Gasteiger partial charge on any atom is 0.105 e. The van der Waals surface area contributed by atoms with Crippen molar-refractivity contribution in [1.29, 1.82) is 0 Å². The zero-order chi connectivity index (χ0) is 14.1. The first-order valence-electron chi connectivity index (χ1n) is 6.27. The van der Waals surface area contributed by atoms with Crippen LogP contribution in [0.4, 0.5) is 0 Å². The third-order valence-electron chi connectivity index (χ3n) is 3.36. The number of rotatable bonds is 2. The molecule has 0 saturated heterocycles. The average Bonchev–Trinajstić information content (AvgIpc) is 2.47. The summed E-state index contributed by atoms with van der Waals surface area (Å²) < 4.78 is 1.11. The molecule has 0 saturated carbocycles. The van der Waals surface area contributed by atoms with Crippen molar-refractivity contribution in [2.75, 3.05) is 0 Å². The lowest BCUT2D eigenvalue weighted by molar-refractivity contribution is 0.222. The molecule has 3 rings (SSSR count). The highest BCUT2D eigenvalue weighted by Crippen LogP contribution is 2.33. The molecule has 20 heavy (non-hydrogen) atoms. The minimum atomic E-state index is -0.646. The molecular weight excluding hydrogens is 383 g/mol. The number of hydrogen-bond acceptors (Lipinski definition) is 1. The van der Waals surface area contributed by atoms with Gasteiger partial charge in [-0.05, 0) is 57.3 Å². The maximum absolute atomic E-state index is 10.7. The van der Waals surface area contributed by atoms with Crippen LogP contribution in [0, 0.1) is 3.57 Å². The van der Waals surface area contributed by atoms with Gasteiger partial charge in [0.05, 0.1) is 0 Å². The third-order valence-corrected chi connectivity index (χ3v) is 4.36. The van der Waals surface area contributed by atoms with Crippen molar-refractivity contribution in [2.24, 2.45) is 0 Å². The van der Waals surface area contributed by atoms with Gasteiger partial charge in [0, 0.05) is 14.0 Å². The molecule has 0 aromatic heterocycles. The molecule has 0 aliphatic carbocycles. The van der Waals surface area contributed by atoms with E-state index in [9.17, 15) is 5.11 Å². The maximum atomic E-state index is 10.7. The van der Waals surface area contributed by atoms with Crippen LogP contribution in [-0.2, 0) is 0 Å². The fourth-order valence-corrected chi connectivity index (χ4v) is 3.18. The molecule has 0 fully saturated rings. The fraction of sp³-hybridized carbons (Fsp3) is 0.0588. The van der Waals surface area contributed by atoms with Crippen LogP contribution in [0.2, 0.25) is 5.02 Å². The molecule has 0 amide bonds. The number of aliphatic hydroxyl groups excluding tert-OH is 1. The molecule has 3 aromatic carbocycles. The Morgan fingerprint density at radius 3 is 2.40 bits per heavy atom. The fourth-order valence-electron chi connectivity index (χ4n) is 2.38. The van der Waals surface area contributed by atoms with E-state index >= 15 is 0 Å². The van der Waals surface area contributed by atoms with Gasteiger partial charge < -0.3 is 5.11 Å². The first-order valence-corrected chi connectivity index (χ1v) is 7.73. The van der Waals surface area contributed by atoms with Gasteiger partial charge in [0.25, 0.3) is 0 Å². The van der Waals surface area contributed by atoms with E-state index in [0.29, 0.717) is 5.02 Å². The van der Waals surface area contributed by atoms with Crippen LogP contribution in [0.15, 0.2) is 60.7 Å². The Morgan fingerprint density at radius 2 is 1.65 bits per heavy atom. The molecule has 1 N–H and O–H groups in total. The summed E-state index contributed by atoms with van der Waals surface area (Å²) in [4.78, 5) is 0. The predicted octanol–water partition coefficient (Wildman–Crippen LogP) is 5.18. The first kappa shape index (κ1) is 13.9. The van der Waals surface area contributed by atoms with Gasteiger partial charge in [0.1, 0.15) is 6.10 Å². The minimum absolute atomic E-state index is 0.646. The highest BCUT2D eigenvalue weighted by atomic mass is 127. The molecule has 0 spiro atoms. The van der Waals surface area contributed by atoms with E-state index in [-0.39, 0.29) is 0 Å². The standard InChI is InChI=1S/C17H12ClIO/c18-16-9-8-15(13-6-1-2-7-14(13)16)17(20)11-4-3-5-12(19)10-11/h1-10,17,20H. The second-order valence-corrected chi connectivity index (χ2v) is 6.29. The van der Waals surface area contributed by atoms with Gasteiger partial charge in [-0.25, -0.2) is 0 Å². The molecule has 0 aliphatic heterocycles. The normalized spacial score (nSPS) is 12.6. The molecule has 0 bridgehead atoms. The highest BCUT2D eigenvalue weighted by molar-refractivity contribution is 14.1. The number of aliphatic hydroxyl groups is 1. The molecule has 3 aromatic rings. The molecule has 1 atom stereocenters. The van der Waals surface area contributed by atoms with Crippen LogP contribution in [-0.4, -0.2) is 5.11 Å². The van der Waals surface area contributed by atoms with E-state index in [4.69, 9.17) is 11.6 Å². The number of fused-ring (bicyclic) bond motifs is 1. The van der Waals surface area contributed by atoms with Crippen molar-refractivity contribution >= 4 is 45.0 Å². The molecule has 0 aliphatic rings. The topological polar surface area (TPSA) is 20.2 Å². The van der Waals surface area contributed by atoms with Crippen molar-refractivity contribution in [3.63, 3.8) is 0 Å². The summed E-state index contributed by atoms with van der Waals surface area (Å²) in [6.07, 6.45) is -0.646. The van der Waals surface area contributed by atoms with E-state index in [0.717, 1.165) is 25.5 Å². The molecule has 3 heteroatoms. The van der Waals surface area contributed by atoms with Gasteiger partial charge in [-0.2, -0.15) is 0 Å². The zero-order valence-electron chi connectivity index (χ0n) is 10.6. The van der Waals surface area contributed by atoms with Crippen LogP contribution in [0.3, 0.4) is 0 Å². The van der Waals surface area contributed by atoms with Crippen molar-refractivity contribution in [3.05, 3.63) is 80.4 Å². The summed E-state index contributed by atoms with van der Waals surface area (Å²) in [6, 6.07) is 19.5. The second-order valence-electron chi connectivity index (χ2n) is 4.64. The van der Waals surface area contributed by atoms with Crippen molar-refractivity contribution < 1.29 is 5.11 Å². The lowest BCUT2D eigenvalue weighted by Crippen LogP contribution is -2.01. The summed E-state index contributed by atoms with van der Waals surface area (Å²) in [5, 5.41) is 13.3. The zero-order valence-corrected chi connectivity index (χ0v) is 13.5. The van der Waals surface area contributed by atoms with Crippen molar-refractivity contribution in [3.8, 4) is 0 Å². The van der Waals surface area contributed by atoms with E-state index in [1.54, 1.807) is 0 Å². The quantitative estimate of drug-likeness (QED) is 0.594. The summed E-state index contributed by atoms with van der Waals surface area (Å²) in [6.45, 7) is 0. The number of halogens is 2. The van der Waals surface area contributed by atoms with Crippen LogP contribution in [0.1, 0.15) is 17.2 Å². The van der Waals surface area contributed by atoms with Gasteiger partial charge in [-0.3, -0.25) is 0 Å². The molecular formula is C17H12ClIO. The van der Waals surface area contributed by atoms with Gasteiger partial charge in [0.15, 0.2) is 0 Å². The number of hydrogen-bond donors (Lipinski definition) is 1.